The molecule has 0 atom stereocenters. The molecule has 0 spiro atoms. The summed E-state index contributed by atoms with van der Waals surface area (Å²) in [6.45, 7) is 0. The van der Waals surface area contributed by atoms with Crippen LogP contribution in [0.15, 0.2) is 113 Å². The fraction of sp³-hybridized carbons (Fsp3) is 0. The molecule has 0 aliphatic carbocycles. The Labute approximate surface area is 164 Å². The lowest BCUT2D eigenvalue weighted by atomic mass is 10.0. The summed E-state index contributed by atoms with van der Waals surface area (Å²) in [4.78, 5) is 2.63. The van der Waals surface area contributed by atoms with Gasteiger partial charge in [0, 0.05) is 16.5 Å². The highest BCUT2D eigenvalue weighted by atomic mass is 32.2. The minimum absolute atomic E-state index is 0.204. The number of nitrogens with one attached hydrogen (secondary N) is 1. The lowest BCUT2D eigenvalue weighted by Crippen LogP contribution is -2.21. The van der Waals surface area contributed by atoms with Gasteiger partial charge in [-0.05, 0) is 11.5 Å². The maximum atomic E-state index is 13.0. The topological polar surface area (TPSA) is 58.5 Å². The van der Waals surface area contributed by atoms with Crippen molar-refractivity contribution in [3.05, 3.63) is 114 Å². The van der Waals surface area contributed by atoms with Crippen LogP contribution in [0.5, 0.6) is 0 Å². The molecule has 0 saturated heterocycles. The Balaban J connectivity index is 1.78. The van der Waals surface area contributed by atoms with Crippen LogP contribution in [0.3, 0.4) is 0 Å². The monoisotopic (exact) mass is 386 g/mol. The van der Waals surface area contributed by atoms with E-state index in [1.54, 1.807) is 18.2 Å². The van der Waals surface area contributed by atoms with Crippen molar-refractivity contribution in [2.45, 2.75) is 4.90 Å². The summed E-state index contributed by atoms with van der Waals surface area (Å²) >= 11 is 0. The zero-order valence-electron chi connectivity index (χ0n) is 15.0. The maximum Gasteiger partial charge on any atom is 0.277 e. The molecule has 138 valence electrons. The van der Waals surface area contributed by atoms with Crippen LogP contribution < -0.4 is 4.83 Å². The number of nitrogens with zero attached hydrogens (tertiary/aromatic N) is 1. The first kappa shape index (κ1) is 17.9. The predicted octanol–water partition coefficient (Wildman–Crippen LogP) is 4.57. The summed E-state index contributed by atoms with van der Waals surface area (Å²) in [5, 5.41) is 5.82. The Kier molecular flexibility index (Phi) is 4.91. The van der Waals surface area contributed by atoms with Gasteiger partial charge in [-0.25, -0.2) is 0 Å². The quantitative estimate of drug-likeness (QED) is 0.403. The average molecular weight is 386 g/mol. The van der Waals surface area contributed by atoms with Crippen LogP contribution >= 0.6 is 0 Å². The molecule has 28 heavy (non-hydrogen) atoms. The summed E-state index contributed by atoms with van der Waals surface area (Å²) in [5.74, 6) is 0. The summed E-state index contributed by atoms with van der Waals surface area (Å²) in [6.07, 6.45) is 0. The molecule has 1 N–H and O–H groups in total. The zero-order chi connectivity index (χ0) is 19.4. The van der Waals surface area contributed by atoms with Gasteiger partial charge in [0.25, 0.3) is 10.0 Å². The molecule has 4 aromatic rings. The van der Waals surface area contributed by atoms with E-state index in [2.05, 4.69) is 9.93 Å². The van der Waals surface area contributed by atoms with E-state index < -0.39 is 10.0 Å². The molecular formula is C23H18N2O2S. The lowest BCUT2D eigenvalue weighted by molar-refractivity contribution is 0.585. The van der Waals surface area contributed by atoms with Crippen LogP contribution in [0.25, 0.3) is 10.8 Å². The maximum absolute atomic E-state index is 13.0. The average Bonchev–Trinajstić information content (AvgIpc) is 2.75. The van der Waals surface area contributed by atoms with Gasteiger partial charge in [-0.1, -0.05) is 97.1 Å². The fourth-order valence-corrected chi connectivity index (χ4v) is 4.12. The zero-order valence-corrected chi connectivity index (χ0v) is 15.8. The van der Waals surface area contributed by atoms with Crippen LogP contribution in [0.1, 0.15) is 11.1 Å². The van der Waals surface area contributed by atoms with Crippen molar-refractivity contribution >= 4 is 26.5 Å². The Hall–Kier alpha value is -3.44. The fourth-order valence-electron chi connectivity index (χ4n) is 3.07. The largest absolute Gasteiger partial charge is 0.277 e. The van der Waals surface area contributed by atoms with Crippen LogP contribution in [-0.4, -0.2) is 14.1 Å². The van der Waals surface area contributed by atoms with E-state index in [1.165, 1.54) is 0 Å². The number of sulfonamides is 1. The molecule has 0 aromatic heterocycles. The molecule has 4 aromatic carbocycles. The van der Waals surface area contributed by atoms with Gasteiger partial charge in [0.05, 0.1) is 10.6 Å². The van der Waals surface area contributed by atoms with Crippen molar-refractivity contribution in [1.29, 1.82) is 0 Å². The molecule has 0 saturated carbocycles. The molecule has 4 nitrogen and oxygen atoms in total. The van der Waals surface area contributed by atoms with Gasteiger partial charge >= 0.3 is 0 Å². The Morgan fingerprint density at radius 1 is 0.643 bits per heavy atom. The minimum atomic E-state index is -3.84. The number of hydrogen-bond donors (Lipinski definition) is 1. The first-order valence-corrected chi connectivity index (χ1v) is 10.3. The van der Waals surface area contributed by atoms with E-state index in [-0.39, 0.29) is 4.90 Å². The van der Waals surface area contributed by atoms with E-state index >= 15 is 0 Å². The predicted molar refractivity (Wildman–Crippen MR) is 113 cm³/mol. The van der Waals surface area contributed by atoms with Gasteiger partial charge in [-0.2, -0.15) is 18.4 Å². The van der Waals surface area contributed by atoms with Crippen LogP contribution in [0.2, 0.25) is 0 Å². The van der Waals surface area contributed by atoms with Crippen LogP contribution in [0, 0.1) is 0 Å². The van der Waals surface area contributed by atoms with Crippen molar-refractivity contribution in [2.75, 3.05) is 0 Å². The Morgan fingerprint density at radius 3 is 1.82 bits per heavy atom. The highest BCUT2D eigenvalue weighted by molar-refractivity contribution is 7.89. The van der Waals surface area contributed by atoms with E-state index in [9.17, 15) is 8.42 Å². The van der Waals surface area contributed by atoms with Gasteiger partial charge in [0.15, 0.2) is 0 Å². The molecule has 0 bridgehead atoms. The summed E-state index contributed by atoms with van der Waals surface area (Å²) in [7, 11) is -3.84. The van der Waals surface area contributed by atoms with E-state index in [4.69, 9.17) is 0 Å². The minimum Gasteiger partial charge on any atom is -0.200 e. The molecule has 0 fully saturated rings. The number of hydrogen-bond acceptors (Lipinski definition) is 3. The second kappa shape index (κ2) is 7.66. The third-order valence-corrected chi connectivity index (χ3v) is 5.68. The highest BCUT2D eigenvalue weighted by Gasteiger charge is 2.17. The third kappa shape index (κ3) is 3.66. The second-order valence-electron chi connectivity index (χ2n) is 6.26. The van der Waals surface area contributed by atoms with Crippen molar-refractivity contribution in [3.63, 3.8) is 0 Å². The smallest absolute Gasteiger partial charge is 0.200 e. The molecule has 5 heteroatoms. The van der Waals surface area contributed by atoms with Gasteiger partial charge in [0.1, 0.15) is 0 Å². The van der Waals surface area contributed by atoms with E-state index in [0.717, 1.165) is 16.5 Å². The molecule has 0 aliphatic heterocycles. The Morgan fingerprint density at radius 2 is 1.18 bits per heavy atom. The van der Waals surface area contributed by atoms with Crippen molar-refractivity contribution < 1.29 is 8.42 Å². The summed E-state index contributed by atoms with van der Waals surface area (Å²) in [5.41, 5.74) is 2.22. The van der Waals surface area contributed by atoms with Crippen molar-refractivity contribution in [3.8, 4) is 0 Å². The van der Waals surface area contributed by atoms with E-state index in [1.807, 2.05) is 84.9 Å². The second-order valence-corrected chi connectivity index (χ2v) is 7.89. The molecule has 0 amide bonds. The van der Waals surface area contributed by atoms with E-state index in [0.29, 0.717) is 11.1 Å². The highest BCUT2D eigenvalue weighted by Crippen LogP contribution is 2.22. The normalized spacial score (nSPS) is 11.1. The van der Waals surface area contributed by atoms with Crippen LogP contribution in [0.4, 0.5) is 0 Å². The molecule has 4 rings (SSSR count). The molecule has 0 aliphatic rings. The molecular weight excluding hydrogens is 368 g/mol. The third-order valence-electron chi connectivity index (χ3n) is 4.41. The standard InChI is InChI=1S/C23H18N2O2S/c26-28(27,22-17-9-15-18-10-7-8-16-21(18)22)25-24-23(19-11-3-1-4-12-19)20-13-5-2-6-14-20/h1-17,25H. The van der Waals surface area contributed by atoms with Crippen LogP contribution in [-0.2, 0) is 10.0 Å². The van der Waals surface area contributed by atoms with Gasteiger partial charge in [-0.15, -0.1) is 0 Å². The molecule has 0 radical (unpaired) electrons. The first-order valence-electron chi connectivity index (χ1n) is 8.83. The Bertz CT molecular complexity index is 1190. The number of fused-ring (bicyclic) bond motifs is 1. The molecule has 0 heterocycles. The summed E-state index contributed by atoms with van der Waals surface area (Å²) < 4.78 is 26.0. The number of rotatable bonds is 5. The number of benzene rings is 4. The SMILES string of the molecule is O=S(=O)(NN=C(c1ccccc1)c1ccccc1)c1cccc2ccccc12. The van der Waals surface area contributed by atoms with Gasteiger partial charge in [-0.3, -0.25) is 0 Å². The lowest BCUT2D eigenvalue weighted by Gasteiger charge is -2.10. The van der Waals surface area contributed by atoms with Gasteiger partial charge < -0.3 is 0 Å². The summed E-state index contributed by atoms with van der Waals surface area (Å²) in [6, 6.07) is 31.6. The molecule has 0 unspecified atom stereocenters. The first-order chi connectivity index (χ1) is 13.6. The van der Waals surface area contributed by atoms with Gasteiger partial charge in [0.2, 0.25) is 0 Å². The van der Waals surface area contributed by atoms with Crippen molar-refractivity contribution in [1.82, 2.24) is 4.83 Å². The number of hydrazone groups is 1. The van der Waals surface area contributed by atoms with Crippen molar-refractivity contribution in [2.24, 2.45) is 5.10 Å².